The second kappa shape index (κ2) is 11.0. The summed E-state index contributed by atoms with van der Waals surface area (Å²) < 4.78 is 185. The Morgan fingerprint density at radius 3 is 2.21 bits per heavy atom. The van der Waals surface area contributed by atoms with Crippen molar-refractivity contribution >= 4 is 73.9 Å². The summed E-state index contributed by atoms with van der Waals surface area (Å²) in [6.07, 6.45) is 1.14. The van der Waals surface area contributed by atoms with Crippen LogP contribution in [0.1, 0.15) is 28.8 Å². The number of aromatic nitrogens is 2. The SMILES string of the molecule is [2H]c1cc([2H])c(-c2c([2H])c([2H])c([2H])c3c2sc2c([2H])c([2H])c([2H])c([2H])c23)c([2H])c1-c1c([2H])c([2H])c([2H])c(-c2ncnc3c2sc2ccc(-c4c([2H])c([2H])c5c([2H])c([2H])c([2H])c([2H])c5c4[2H])cc23)c1[2H]. The van der Waals surface area contributed by atoms with Gasteiger partial charge in [-0.3, -0.25) is 0 Å². The van der Waals surface area contributed by atoms with Crippen LogP contribution in [0.5, 0.6) is 0 Å². The van der Waals surface area contributed by atoms with Gasteiger partial charge in [0.2, 0.25) is 0 Å². The number of nitrogens with zero attached hydrogens (tertiary/aromatic N) is 2. The van der Waals surface area contributed by atoms with E-state index in [1.165, 1.54) is 0 Å². The lowest BCUT2D eigenvalue weighted by Crippen LogP contribution is -1.88. The highest BCUT2D eigenvalue weighted by Crippen LogP contribution is 2.42. The first kappa shape index (κ1) is 13.8. The van der Waals surface area contributed by atoms with Crippen LogP contribution in [0, 0.1) is 0 Å². The molecule has 0 bridgehead atoms. The van der Waals surface area contributed by atoms with Crippen molar-refractivity contribution in [3.8, 4) is 44.6 Å². The molecule has 0 spiro atoms. The quantitative estimate of drug-likeness (QED) is 0.187. The van der Waals surface area contributed by atoms with Gasteiger partial charge in [0.15, 0.2) is 0 Å². The highest BCUT2D eigenvalue weighted by Gasteiger charge is 2.16. The number of benzene rings is 7. The average molecular weight is 668 g/mol. The molecule has 0 atom stereocenters. The van der Waals surface area contributed by atoms with Gasteiger partial charge in [-0.15, -0.1) is 22.7 Å². The molecule has 0 unspecified atom stereocenters. The minimum atomic E-state index is -0.721. The highest BCUT2D eigenvalue weighted by atomic mass is 32.1. The van der Waals surface area contributed by atoms with Gasteiger partial charge in [0.1, 0.15) is 6.33 Å². The van der Waals surface area contributed by atoms with Gasteiger partial charge in [0.25, 0.3) is 0 Å². The fourth-order valence-corrected chi connectivity index (χ4v) is 7.78. The van der Waals surface area contributed by atoms with Crippen LogP contribution in [0.3, 0.4) is 0 Å². The fraction of sp³-hybridized carbons (Fsp3) is 0. The molecule has 7 aromatic carbocycles. The van der Waals surface area contributed by atoms with Crippen molar-refractivity contribution in [2.75, 3.05) is 0 Å². The monoisotopic (exact) mass is 667 g/mol. The normalized spacial score (nSPS) is 17.9. The Bertz CT molecular complexity index is 4050. The first-order chi connectivity index (χ1) is 32.5. The molecule has 0 aliphatic heterocycles. The van der Waals surface area contributed by atoms with Crippen LogP contribution in [0.15, 0.2) is 157 Å². The molecule has 0 aliphatic rings. The molecule has 48 heavy (non-hydrogen) atoms. The van der Waals surface area contributed by atoms with Crippen LogP contribution in [-0.2, 0) is 0 Å². The molecular formula is C44H26N2S2. The van der Waals surface area contributed by atoms with Crippen molar-refractivity contribution in [1.29, 1.82) is 0 Å². The average Bonchev–Trinajstić information content (AvgIpc) is 3.90. The van der Waals surface area contributed by atoms with Gasteiger partial charge in [0, 0.05) is 35.8 Å². The molecule has 4 heteroatoms. The Labute approximate surface area is 314 Å². The summed E-state index contributed by atoms with van der Waals surface area (Å²) in [5.41, 5.74) is -1.42. The van der Waals surface area contributed by atoms with E-state index in [0.29, 0.717) is 14.8 Å². The van der Waals surface area contributed by atoms with Crippen molar-refractivity contribution in [2.24, 2.45) is 0 Å². The minimum absolute atomic E-state index is 0.00272. The summed E-state index contributed by atoms with van der Waals surface area (Å²) in [6.45, 7) is 0. The molecule has 0 N–H and O–H groups in total. The summed E-state index contributed by atoms with van der Waals surface area (Å²) in [6, 6.07) is -6.06. The maximum atomic E-state index is 9.60. The Hall–Kier alpha value is -5.68. The van der Waals surface area contributed by atoms with Crippen LogP contribution >= 0.6 is 22.7 Å². The third-order valence-electron chi connectivity index (χ3n) is 7.77. The van der Waals surface area contributed by atoms with Gasteiger partial charge >= 0.3 is 0 Å². The summed E-state index contributed by atoms with van der Waals surface area (Å²) in [7, 11) is 0. The number of thiophene rings is 2. The Morgan fingerprint density at radius 1 is 0.479 bits per heavy atom. The lowest BCUT2D eigenvalue weighted by Gasteiger charge is -2.09. The highest BCUT2D eigenvalue weighted by molar-refractivity contribution is 7.26. The Balaban J connectivity index is 1.20. The van der Waals surface area contributed by atoms with E-state index < -0.39 is 138 Å². The first-order valence-electron chi connectivity index (χ1n) is 24.8. The molecule has 0 fully saturated rings. The van der Waals surface area contributed by atoms with E-state index in [0.717, 1.165) is 35.1 Å². The molecular weight excluding hydrogens is 621 g/mol. The molecule has 3 heterocycles. The van der Waals surface area contributed by atoms with Gasteiger partial charge in [-0.25, -0.2) is 9.97 Å². The van der Waals surface area contributed by atoms with E-state index in [9.17, 15) is 2.74 Å². The van der Waals surface area contributed by atoms with Crippen molar-refractivity contribution < 1.29 is 28.8 Å². The minimum Gasteiger partial charge on any atom is -0.235 e. The van der Waals surface area contributed by atoms with Crippen molar-refractivity contribution in [3.63, 3.8) is 0 Å². The molecule has 224 valence electrons. The van der Waals surface area contributed by atoms with Crippen molar-refractivity contribution in [3.05, 3.63) is 157 Å². The summed E-state index contributed by atoms with van der Waals surface area (Å²) in [4.78, 5) is 8.92. The van der Waals surface area contributed by atoms with Crippen LogP contribution < -0.4 is 0 Å². The lowest BCUT2D eigenvalue weighted by molar-refractivity contribution is 1.24. The maximum Gasteiger partial charge on any atom is 0.116 e. The maximum absolute atomic E-state index is 9.60. The van der Waals surface area contributed by atoms with Gasteiger partial charge < -0.3 is 0 Å². The first-order valence-corrected chi connectivity index (χ1v) is 16.0. The number of rotatable bonds is 4. The van der Waals surface area contributed by atoms with Crippen LogP contribution in [0.2, 0.25) is 0 Å². The molecule has 0 aliphatic carbocycles. The zero-order valence-electron chi connectivity index (χ0n) is 45.1. The zero-order chi connectivity index (χ0) is 49.9. The number of hydrogen-bond acceptors (Lipinski definition) is 4. The molecule has 2 nitrogen and oxygen atoms in total. The summed E-state index contributed by atoms with van der Waals surface area (Å²) in [5.74, 6) is 0. The molecule has 0 radical (unpaired) electrons. The van der Waals surface area contributed by atoms with E-state index in [-0.39, 0.29) is 70.0 Å². The molecule has 0 amide bonds. The lowest BCUT2D eigenvalue weighted by atomic mass is 9.96. The second-order valence-corrected chi connectivity index (χ2v) is 12.6. The third kappa shape index (κ3) is 4.45. The third-order valence-corrected chi connectivity index (χ3v) is 10.1. The largest absolute Gasteiger partial charge is 0.235 e. The molecule has 3 aromatic heterocycles. The summed E-state index contributed by atoms with van der Waals surface area (Å²) >= 11 is 1.90. The molecule has 10 rings (SSSR count). The van der Waals surface area contributed by atoms with Crippen LogP contribution in [0.4, 0.5) is 0 Å². The van der Waals surface area contributed by atoms with Gasteiger partial charge in [-0.05, 0) is 80.5 Å². The number of fused-ring (bicyclic) bond motifs is 7. The van der Waals surface area contributed by atoms with Crippen molar-refractivity contribution in [1.82, 2.24) is 9.97 Å². The van der Waals surface area contributed by atoms with Gasteiger partial charge in [-0.1, -0.05) is 115 Å². The number of hydrogen-bond donors (Lipinski definition) is 0. The predicted octanol–water partition coefficient (Wildman–Crippen LogP) is 13.0. The molecule has 0 saturated heterocycles. The van der Waals surface area contributed by atoms with E-state index >= 15 is 0 Å². The van der Waals surface area contributed by atoms with E-state index in [1.54, 1.807) is 18.2 Å². The Kier molecular flexibility index (Phi) is 3.15. The zero-order valence-corrected chi connectivity index (χ0v) is 25.7. The van der Waals surface area contributed by atoms with E-state index in [2.05, 4.69) is 9.97 Å². The molecule has 10 aromatic rings. The van der Waals surface area contributed by atoms with Gasteiger partial charge in [-0.2, -0.15) is 0 Å². The smallest absolute Gasteiger partial charge is 0.116 e. The standard InChI is InChI=1S/C44H26N2S2/c1-2-9-28-22-31(19-18-27(28)8-1)32-20-21-40-38(25-32)42-44(48-40)41(45-26-46-42)34-13-6-11-30(24-34)29-10-5-12-33(23-29)35-15-7-16-37-36-14-3-4-17-39(36)47-43(35)37/h1-26H/i1D,2D,3D,4D,6D,7D,8D,9D,10D,11D,12D,13D,14D,15D,16D,17D,18D,19D,22D,23D,24D. The van der Waals surface area contributed by atoms with Crippen molar-refractivity contribution in [2.45, 2.75) is 0 Å². The summed E-state index contributed by atoms with van der Waals surface area (Å²) in [5, 5.41) is -0.240. The van der Waals surface area contributed by atoms with E-state index in [1.807, 2.05) is 0 Å². The van der Waals surface area contributed by atoms with E-state index in [4.69, 9.17) is 26.0 Å². The van der Waals surface area contributed by atoms with Gasteiger partial charge in [0.05, 0.1) is 44.7 Å². The molecule has 0 saturated carbocycles. The van der Waals surface area contributed by atoms with Crippen LogP contribution in [0.25, 0.3) is 95.9 Å². The Morgan fingerprint density at radius 2 is 1.23 bits per heavy atom. The predicted molar refractivity (Wildman–Crippen MR) is 207 cm³/mol. The topological polar surface area (TPSA) is 25.8 Å². The fourth-order valence-electron chi connectivity index (χ4n) is 5.57. The van der Waals surface area contributed by atoms with Crippen LogP contribution in [-0.4, -0.2) is 9.97 Å². The second-order valence-electron chi connectivity index (χ2n) is 10.5.